The number of hydrogen-bond donors (Lipinski definition) is 0. The van der Waals surface area contributed by atoms with Crippen molar-refractivity contribution in [2.75, 3.05) is 14.2 Å². The van der Waals surface area contributed by atoms with Gasteiger partial charge in [-0.25, -0.2) is 0 Å². The second kappa shape index (κ2) is 12.5. The number of ether oxygens (including phenoxy) is 2. The Morgan fingerprint density at radius 2 is 1.37 bits per heavy atom. The molecule has 0 aliphatic heterocycles. The average molecular weight is 495 g/mol. The zero-order valence-corrected chi connectivity index (χ0v) is 22.6. The van der Waals surface area contributed by atoms with Crippen molar-refractivity contribution in [2.24, 2.45) is 58.2 Å². The third-order valence-corrected chi connectivity index (χ3v) is 10.4. The van der Waals surface area contributed by atoms with Gasteiger partial charge in [-0.05, 0) is 99.7 Å². The number of fused-ring (bicyclic) bond motifs is 5. The van der Waals surface area contributed by atoms with Crippen LogP contribution in [0.3, 0.4) is 0 Å². The summed E-state index contributed by atoms with van der Waals surface area (Å²) in [7, 11) is 3.05. The molecule has 4 nitrogen and oxygen atoms in total. The molecule has 0 heterocycles. The van der Waals surface area contributed by atoms with Gasteiger partial charge in [0.1, 0.15) is 0 Å². The van der Waals surface area contributed by atoms with Gasteiger partial charge >= 0.3 is 11.9 Å². The van der Waals surface area contributed by atoms with Crippen molar-refractivity contribution in [3.05, 3.63) is 0 Å². The highest BCUT2D eigenvalue weighted by atomic mass is 16.5. The third-order valence-electron chi connectivity index (χ3n) is 10.4. The third kappa shape index (κ3) is 5.61. The zero-order valence-electron chi connectivity index (χ0n) is 22.6. The molecule has 0 N–H and O–H groups in total. The Morgan fingerprint density at radius 3 is 1.91 bits per heavy atom. The fourth-order valence-corrected chi connectivity index (χ4v) is 9.24. The van der Waals surface area contributed by atoms with E-state index in [0.29, 0.717) is 17.8 Å². The molecule has 0 saturated heterocycles. The highest BCUT2D eigenvalue weighted by Crippen LogP contribution is 2.69. The van der Waals surface area contributed by atoms with Crippen molar-refractivity contribution in [1.82, 2.24) is 0 Å². The Bertz CT molecular complexity index is 704. The molecule has 4 rings (SSSR count). The van der Waals surface area contributed by atoms with Crippen LogP contribution in [0.2, 0.25) is 0 Å². The van der Waals surface area contributed by atoms with E-state index in [2.05, 4.69) is 41.5 Å². The molecule has 206 valence electrons. The Balaban J connectivity index is 0.000000346. The van der Waals surface area contributed by atoms with E-state index in [0.717, 1.165) is 55.3 Å². The largest absolute Gasteiger partial charge is 0.469 e. The first kappa shape index (κ1) is 32.0. The molecule has 35 heavy (non-hydrogen) atoms. The van der Waals surface area contributed by atoms with Crippen LogP contribution in [0.1, 0.15) is 114 Å². The SMILES string of the molecule is C.C.CCCC1CC(C)C2C3CC(C12)C(C)(C(=O)OC)C3.CCCC1CC(C)CC1(C)C(=O)OC. The van der Waals surface area contributed by atoms with Crippen LogP contribution in [-0.4, -0.2) is 26.2 Å². The molecular weight excluding hydrogens is 436 g/mol. The second-order valence-corrected chi connectivity index (χ2v) is 12.6. The van der Waals surface area contributed by atoms with Crippen molar-refractivity contribution in [3.63, 3.8) is 0 Å². The summed E-state index contributed by atoms with van der Waals surface area (Å²) in [5.74, 6) is 6.05. The Hall–Kier alpha value is -1.06. The van der Waals surface area contributed by atoms with Crippen molar-refractivity contribution in [3.8, 4) is 0 Å². The monoisotopic (exact) mass is 494 g/mol. The van der Waals surface area contributed by atoms with Gasteiger partial charge in [0.05, 0.1) is 25.0 Å². The summed E-state index contributed by atoms with van der Waals surface area (Å²) < 4.78 is 10.0. The van der Waals surface area contributed by atoms with Gasteiger partial charge in [0, 0.05) is 0 Å². The Kier molecular flexibility index (Phi) is 11.4. The summed E-state index contributed by atoms with van der Waals surface area (Å²) in [6.45, 7) is 13.4. The van der Waals surface area contributed by atoms with Crippen LogP contribution in [-0.2, 0) is 19.1 Å². The first-order chi connectivity index (χ1) is 15.6. The van der Waals surface area contributed by atoms with E-state index in [1.54, 1.807) is 7.11 Å². The van der Waals surface area contributed by atoms with E-state index >= 15 is 0 Å². The summed E-state index contributed by atoms with van der Waals surface area (Å²) >= 11 is 0. The second-order valence-electron chi connectivity index (χ2n) is 12.6. The van der Waals surface area contributed by atoms with Crippen molar-refractivity contribution in [1.29, 1.82) is 0 Å². The zero-order chi connectivity index (χ0) is 24.6. The number of carbonyl (C=O) groups is 2. The van der Waals surface area contributed by atoms with Crippen LogP contribution in [0, 0.1) is 58.2 Å². The molecule has 4 heteroatoms. The highest BCUT2D eigenvalue weighted by molar-refractivity contribution is 5.78. The molecule has 0 amide bonds. The van der Waals surface area contributed by atoms with Crippen molar-refractivity contribution >= 4 is 11.9 Å². The van der Waals surface area contributed by atoms with E-state index in [1.165, 1.54) is 39.2 Å². The lowest BCUT2D eigenvalue weighted by atomic mass is 9.63. The smallest absolute Gasteiger partial charge is 0.311 e. The van der Waals surface area contributed by atoms with Gasteiger partial charge in [-0.3, -0.25) is 9.59 Å². The predicted molar refractivity (Wildman–Crippen MR) is 146 cm³/mol. The van der Waals surface area contributed by atoms with Crippen molar-refractivity contribution < 1.29 is 19.1 Å². The summed E-state index contributed by atoms with van der Waals surface area (Å²) in [6.07, 6.45) is 10.9. The summed E-state index contributed by atoms with van der Waals surface area (Å²) in [5, 5.41) is 0. The van der Waals surface area contributed by atoms with Crippen LogP contribution >= 0.6 is 0 Å². The fourth-order valence-electron chi connectivity index (χ4n) is 9.24. The number of esters is 2. The van der Waals surface area contributed by atoms with Gasteiger partial charge in [-0.2, -0.15) is 0 Å². The lowest BCUT2D eigenvalue weighted by Crippen LogP contribution is -2.42. The molecule has 10 unspecified atom stereocenters. The number of rotatable bonds is 6. The number of carbonyl (C=O) groups excluding carboxylic acids is 2. The van der Waals surface area contributed by atoms with Crippen molar-refractivity contribution in [2.45, 2.75) is 114 Å². The minimum absolute atomic E-state index is 0. The number of hydrogen-bond acceptors (Lipinski definition) is 4. The molecule has 0 aromatic rings. The van der Waals surface area contributed by atoms with Crippen LogP contribution in [0.5, 0.6) is 0 Å². The van der Waals surface area contributed by atoms with Crippen LogP contribution in [0.4, 0.5) is 0 Å². The summed E-state index contributed by atoms with van der Waals surface area (Å²) in [6, 6.07) is 0. The maximum atomic E-state index is 12.2. The molecule has 2 bridgehead atoms. The van der Waals surface area contributed by atoms with E-state index in [-0.39, 0.29) is 37.6 Å². The van der Waals surface area contributed by atoms with E-state index < -0.39 is 0 Å². The lowest BCUT2D eigenvalue weighted by Gasteiger charge is -2.40. The first-order valence-electron chi connectivity index (χ1n) is 13.7. The average Bonchev–Trinajstić information content (AvgIpc) is 3.49. The molecule has 10 atom stereocenters. The molecule has 4 saturated carbocycles. The first-order valence-corrected chi connectivity index (χ1v) is 13.7. The van der Waals surface area contributed by atoms with Crippen LogP contribution < -0.4 is 0 Å². The highest BCUT2D eigenvalue weighted by Gasteiger charge is 2.65. The number of methoxy groups -OCH3 is 2. The Labute approximate surface area is 217 Å². The molecule has 4 fully saturated rings. The summed E-state index contributed by atoms with van der Waals surface area (Å²) in [5.41, 5.74) is -0.402. The van der Waals surface area contributed by atoms with Gasteiger partial charge in [0.2, 0.25) is 0 Å². The van der Waals surface area contributed by atoms with E-state index in [4.69, 9.17) is 9.47 Å². The fraction of sp³-hybridized carbons (Fsp3) is 0.935. The van der Waals surface area contributed by atoms with Crippen LogP contribution in [0.15, 0.2) is 0 Å². The maximum Gasteiger partial charge on any atom is 0.311 e. The maximum absolute atomic E-state index is 12.2. The van der Waals surface area contributed by atoms with Crippen LogP contribution in [0.25, 0.3) is 0 Å². The molecule has 0 aromatic carbocycles. The minimum atomic E-state index is -0.218. The van der Waals surface area contributed by atoms with Gasteiger partial charge in [0.15, 0.2) is 0 Å². The predicted octanol–water partition coefficient (Wildman–Crippen LogP) is 8.18. The lowest BCUT2D eigenvalue weighted by molar-refractivity contribution is -0.157. The van der Waals surface area contributed by atoms with E-state index in [1.807, 2.05) is 0 Å². The Morgan fingerprint density at radius 1 is 0.800 bits per heavy atom. The normalized spacial score (nSPS) is 42.7. The van der Waals surface area contributed by atoms with Gasteiger partial charge in [-0.1, -0.05) is 61.8 Å². The molecule has 0 radical (unpaired) electrons. The molecule has 4 aliphatic carbocycles. The van der Waals surface area contributed by atoms with E-state index in [9.17, 15) is 9.59 Å². The standard InChI is InChI=1S/C17H28O2.C12H22O2.2CH4/c1-5-6-11-7-10(2)14-12-8-13(15(11)14)17(3,9-12)16(18)19-4;1-5-6-10-7-9(2)8-12(10,3)11(13)14-4;;/h10-15H,5-9H2,1-4H3;9-10H,5-8H2,1-4H3;2*1H4. The van der Waals surface area contributed by atoms with Gasteiger partial charge in [-0.15, -0.1) is 0 Å². The topological polar surface area (TPSA) is 52.6 Å². The van der Waals surface area contributed by atoms with Gasteiger partial charge in [0.25, 0.3) is 0 Å². The van der Waals surface area contributed by atoms with Gasteiger partial charge < -0.3 is 9.47 Å². The molecular formula is C31H58O4. The quantitative estimate of drug-likeness (QED) is 0.349. The minimum Gasteiger partial charge on any atom is -0.469 e. The molecule has 4 aliphatic rings. The molecule has 0 aromatic heterocycles. The molecule has 0 spiro atoms. The summed E-state index contributed by atoms with van der Waals surface area (Å²) in [4.78, 5) is 24.0.